The highest BCUT2D eigenvalue weighted by atomic mass is 35.5. The van der Waals surface area contributed by atoms with E-state index in [4.69, 9.17) is 17.3 Å². The quantitative estimate of drug-likeness (QED) is 0.584. The molecule has 1 heterocycles. The maximum absolute atomic E-state index is 10.8. The van der Waals surface area contributed by atoms with E-state index >= 15 is 0 Å². The first-order chi connectivity index (χ1) is 6.22. The van der Waals surface area contributed by atoms with Gasteiger partial charge >= 0.3 is 6.03 Å². The first kappa shape index (κ1) is 10.0. The molecule has 0 aliphatic heterocycles. The maximum Gasteiger partial charge on any atom is 0.342 e. The molecule has 3 N–H and O–H groups in total. The van der Waals surface area contributed by atoms with E-state index in [-0.39, 0.29) is 0 Å². The van der Waals surface area contributed by atoms with Crippen LogP contribution in [0.3, 0.4) is 0 Å². The van der Waals surface area contributed by atoms with Crippen LogP contribution in [0.25, 0.3) is 0 Å². The van der Waals surface area contributed by atoms with E-state index in [0.717, 1.165) is 11.2 Å². The van der Waals surface area contributed by atoms with E-state index in [0.29, 0.717) is 10.9 Å². The molecule has 0 spiro atoms. The molecule has 70 valence electrons. The largest absolute Gasteiger partial charge is 0.390 e. The number of aliphatic imine (C=N–C) groups is 1. The first-order valence-corrected chi connectivity index (χ1v) is 4.68. The maximum atomic E-state index is 10.8. The molecule has 0 unspecified atom stereocenters. The van der Waals surface area contributed by atoms with Gasteiger partial charge in [0.2, 0.25) is 0 Å². The summed E-state index contributed by atoms with van der Waals surface area (Å²) >= 11 is 7.11. The zero-order valence-corrected chi connectivity index (χ0v) is 8.23. The molecule has 4 nitrogen and oxygen atoms in total. The van der Waals surface area contributed by atoms with Crippen LogP contribution < -0.4 is 11.1 Å². The van der Waals surface area contributed by atoms with Crippen molar-refractivity contribution < 1.29 is 4.79 Å². The monoisotopic (exact) mass is 217 g/mol. The van der Waals surface area contributed by atoms with Crippen LogP contribution in [0.1, 0.15) is 4.88 Å². The number of carbonyl (C=O) groups excluding carboxylic acids is 1. The Kier molecular flexibility index (Phi) is 3.72. The third kappa shape index (κ3) is 3.43. The van der Waals surface area contributed by atoms with E-state index in [1.807, 2.05) is 6.07 Å². The minimum atomic E-state index is -0.452. The van der Waals surface area contributed by atoms with Gasteiger partial charge in [-0.3, -0.25) is 0 Å². The van der Waals surface area contributed by atoms with Crippen molar-refractivity contribution in [2.45, 2.75) is 6.54 Å². The SMILES string of the molecule is NC=NC(=O)NCc1ccc(Cl)s1. The molecule has 0 bridgehead atoms. The Labute approximate surface area is 84.4 Å². The molecule has 0 aliphatic rings. The van der Waals surface area contributed by atoms with Crippen molar-refractivity contribution in [3.05, 3.63) is 21.3 Å². The van der Waals surface area contributed by atoms with E-state index in [9.17, 15) is 4.79 Å². The van der Waals surface area contributed by atoms with E-state index in [2.05, 4.69) is 10.3 Å². The van der Waals surface area contributed by atoms with Crippen molar-refractivity contribution in [2.24, 2.45) is 10.7 Å². The van der Waals surface area contributed by atoms with Crippen molar-refractivity contribution >= 4 is 35.3 Å². The second-order valence-electron chi connectivity index (χ2n) is 2.14. The van der Waals surface area contributed by atoms with Crippen LogP contribution in [-0.4, -0.2) is 12.4 Å². The molecule has 1 aromatic rings. The van der Waals surface area contributed by atoms with Gasteiger partial charge in [0.05, 0.1) is 17.2 Å². The van der Waals surface area contributed by atoms with E-state index in [1.54, 1.807) is 6.07 Å². The number of nitrogens with zero attached hydrogens (tertiary/aromatic N) is 1. The molecule has 0 radical (unpaired) electrons. The second kappa shape index (κ2) is 4.84. The highest BCUT2D eigenvalue weighted by molar-refractivity contribution is 7.16. The topological polar surface area (TPSA) is 67.5 Å². The van der Waals surface area contributed by atoms with Crippen molar-refractivity contribution in [2.75, 3.05) is 0 Å². The highest BCUT2D eigenvalue weighted by Gasteiger charge is 1.99. The summed E-state index contributed by atoms with van der Waals surface area (Å²) in [5.41, 5.74) is 4.93. The number of halogens is 1. The zero-order valence-electron chi connectivity index (χ0n) is 6.66. The molecule has 0 saturated heterocycles. The molecule has 0 aliphatic carbocycles. The van der Waals surface area contributed by atoms with Crippen LogP contribution in [0.15, 0.2) is 17.1 Å². The molecule has 0 aromatic carbocycles. The lowest BCUT2D eigenvalue weighted by Gasteiger charge is -1.96. The Bertz CT molecular complexity index is 323. The molecule has 0 fully saturated rings. The molecule has 6 heteroatoms. The molecule has 13 heavy (non-hydrogen) atoms. The molecular weight excluding hydrogens is 210 g/mol. The fourth-order valence-electron chi connectivity index (χ4n) is 0.723. The molecule has 0 saturated carbocycles. The Hall–Kier alpha value is -1.07. The molecule has 0 atom stereocenters. The van der Waals surface area contributed by atoms with Crippen LogP contribution in [0.2, 0.25) is 4.34 Å². The van der Waals surface area contributed by atoms with Gasteiger partial charge in [-0.25, -0.2) is 4.79 Å². The second-order valence-corrected chi connectivity index (χ2v) is 3.94. The van der Waals surface area contributed by atoms with Crippen LogP contribution in [0.4, 0.5) is 4.79 Å². The number of hydrogen-bond donors (Lipinski definition) is 2. The smallest absolute Gasteiger partial charge is 0.342 e. The van der Waals surface area contributed by atoms with Crippen LogP contribution in [0, 0.1) is 0 Å². The van der Waals surface area contributed by atoms with Gasteiger partial charge in [-0.05, 0) is 12.1 Å². The Balaban J connectivity index is 2.39. The van der Waals surface area contributed by atoms with Gasteiger partial charge in [-0.15, -0.1) is 11.3 Å². The molecular formula is C7H8ClN3OS. The van der Waals surface area contributed by atoms with Gasteiger partial charge in [0.15, 0.2) is 0 Å². The van der Waals surface area contributed by atoms with E-state index < -0.39 is 6.03 Å². The van der Waals surface area contributed by atoms with Crippen molar-refractivity contribution in [1.29, 1.82) is 0 Å². The summed E-state index contributed by atoms with van der Waals surface area (Å²) in [5, 5.41) is 2.55. The average molecular weight is 218 g/mol. The molecule has 1 rings (SSSR count). The predicted octanol–water partition coefficient (Wildman–Crippen LogP) is 1.60. The third-order valence-electron chi connectivity index (χ3n) is 1.23. The van der Waals surface area contributed by atoms with Gasteiger partial charge in [0, 0.05) is 4.88 Å². The number of hydrogen-bond acceptors (Lipinski definition) is 2. The number of nitrogens with two attached hydrogens (primary N) is 1. The summed E-state index contributed by atoms with van der Waals surface area (Å²) in [6, 6.07) is 3.17. The van der Waals surface area contributed by atoms with Gasteiger partial charge in [-0.2, -0.15) is 4.99 Å². The van der Waals surface area contributed by atoms with Crippen LogP contribution in [0.5, 0.6) is 0 Å². The summed E-state index contributed by atoms with van der Waals surface area (Å²) in [6.07, 6.45) is 0.955. The number of nitrogens with one attached hydrogen (secondary N) is 1. The third-order valence-corrected chi connectivity index (χ3v) is 2.47. The first-order valence-electron chi connectivity index (χ1n) is 3.48. The predicted molar refractivity (Wildman–Crippen MR) is 54.2 cm³/mol. The van der Waals surface area contributed by atoms with Crippen LogP contribution in [-0.2, 0) is 6.54 Å². The van der Waals surface area contributed by atoms with Gasteiger partial charge in [-0.1, -0.05) is 11.6 Å². The number of rotatable bonds is 2. The van der Waals surface area contributed by atoms with Gasteiger partial charge in [0.25, 0.3) is 0 Å². The highest BCUT2D eigenvalue weighted by Crippen LogP contribution is 2.20. The van der Waals surface area contributed by atoms with Gasteiger partial charge < -0.3 is 11.1 Å². The van der Waals surface area contributed by atoms with Crippen LogP contribution >= 0.6 is 22.9 Å². The number of carbonyl (C=O) groups is 1. The average Bonchev–Trinajstić information content (AvgIpc) is 2.49. The van der Waals surface area contributed by atoms with Gasteiger partial charge in [0.1, 0.15) is 0 Å². The molecule has 2 amide bonds. The lowest BCUT2D eigenvalue weighted by molar-refractivity contribution is 0.249. The summed E-state index contributed by atoms with van der Waals surface area (Å²) in [5.74, 6) is 0. The Morgan fingerprint density at radius 1 is 1.77 bits per heavy atom. The zero-order chi connectivity index (χ0) is 9.68. The summed E-state index contributed by atoms with van der Waals surface area (Å²) in [7, 11) is 0. The van der Waals surface area contributed by atoms with E-state index in [1.165, 1.54) is 11.3 Å². The van der Waals surface area contributed by atoms with Crippen molar-refractivity contribution in [3.8, 4) is 0 Å². The number of urea groups is 1. The minimum Gasteiger partial charge on any atom is -0.390 e. The lowest BCUT2D eigenvalue weighted by Crippen LogP contribution is -2.19. The molecule has 1 aromatic heterocycles. The van der Waals surface area contributed by atoms with Crippen molar-refractivity contribution in [3.63, 3.8) is 0 Å². The lowest BCUT2D eigenvalue weighted by atomic mass is 10.5. The standard InChI is InChI=1S/C7H8ClN3OS/c8-6-2-1-5(13-6)3-10-7(12)11-4-9/h1-2,4H,3H2,(H3,9,10,11,12). The number of thiophene rings is 1. The number of amides is 2. The Morgan fingerprint density at radius 2 is 2.54 bits per heavy atom. The fraction of sp³-hybridized carbons (Fsp3) is 0.143. The van der Waals surface area contributed by atoms with Crippen molar-refractivity contribution in [1.82, 2.24) is 5.32 Å². The summed E-state index contributed by atoms with van der Waals surface area (Å²) in [6.45, 7) is 0.424. The summed E-state index contributed by atoms with van der Waals surface area (Å²) in [4.78, 5) is 15.1. The summed E-state index contributed by atoms with van der Waals surface area (Å²) < 4.78 is 0.701. The normalized spacial score (nSPS) is 10.5. The Morgan fingerprint density at radius 3 is 3.08 bits per heavy atom. The fourth-order valence-corrected chi connectivity index (χ4v) is 1.75. The minimum absolute atomic E-state index is 0.424.